The van der Waals surface area contributed by atoms with Gasteiger partial charge in [-0.3, -0.25) is 14.7 Å². The molecule has 8 heteroatoms. The quantitative estimate of drug-likeness (QED) is 0.340. The monoisotopic (exact) mass is 533 g/mol. The summed E-state index contributed by atoms with van der Waals surface area (Å²) in [7, 11) is -3.60. The highest BCUT2D eigenvalue weighted by molar-refractivity contribution is 7.90. The minimum atomic E-state index is -3.60. The van der Waals surface area contributed by atoms with Crippen LogP contribution in [0.25, 0.3) is 10.9 Å². The van der Waals surface area contributed by atoms with Crippen LogP contribution in [0.15, 0.2) is 90.0 Å². The fourth-order valence-electron chi connectivity index (χ4n) is 4.73. The van der Waals surface area contributed by atoms with Crippen molar-refractivity contribution < 1.29 is 13.2 Å². The molecule has 37 heavy (non-hydrogen) atoms. The zero-order valence-electron chi connectivity index (χ0n) is 20.4. The number of hydrogen-bond donors (Lipinski definition) is 0. The summed E-state index contributed by atoms with van der Waals surface area (Å²) in [5.41, 5.74) is 2.88. The molecule has 0 radical (unpaired) electrons. The van der Waals surface area contributed by atoms with Gasteiger partial charge < -0.3 is 4.90 Å². The molecule has 0 unspecified atom stereocenters. The Bertz CT molecular complexity index is 1500. The lowest BCUT2D eigenvalue weighted by Gasteiger charge is -2.22. The van der Waals surface area contributed by atoms with Crippen LogP contribution in [0.3, 0.4) is 0 Å². The van der Waals surface area contributed by atoms with E-state index in [4.69, 9.17) is 11.6 Å². The number of nitrogens with zero attached hydrogens (tertiary/aromatic N) is 3. The maximum Gasteiger partial charge on any atom is 0.253 e. The summed E-state index contributed by atoms with van der Waals surface area (Å²) in [6, 6.07) is 23.6. The summed E-state index contributed by atoms with van der Waals surface area (Å²) in [5.74, 6) is -0.179. The van der Waals surface area contributed by atoms with Crippen molar-refractivity contribution in [2.75, 3.05) is 26.2 Å². The molecule has 4 aromatic rings. The minimum absolute atomic E-state index is 0.0268. The number of benzene rings is 3. The van der Waals surface area contributed by atoms with Crippen LogP contribution >= 0.6 is 11.6 Å². The zero-order valence-corrected chi connectivity index (χ0v) is 22.0. The number of rotatable bonds is 6. The van der Waals surface area contributed by atoms with Gasteiger partial charge in [-0.1, -0.05) is 54.1 Å². The van der Waals surface area contributed by atoms with Gasteiger partial charge in [0.05, 0.1) is 16.2 Å². The summed E-state index contributed by atoms with van der Waals surface area (Å²) in [6.45, 7) is 3.89. The molecular formula is C29H28ClN3O3S. The van der Waals surface area contributed by atoms with Gasteiger partial charge in [0.2, 0.25) is 0 Å². The van der Waals surface area contributed by atoms with Gasteiger partial charge >= 0.3 is 0 Å². The van der Waals surface area contributed by atoms with Gasteiger partial charge in [-0.05, 0) is 53.9 Å². The van der Waals surface area contributed by atoms with E-state index >= 15 is 0 Å². The van der Waals surface area contributed by atoms with E-state index in [1.54, 1.807) is 48.7 Å². The first-order valence-electron chi connectivity index (χ1n) is 12.3. The predicted molar refractivity (Wildman–Crippen MR) is 146 cm³/mol. The fourth-order valence-corrected chi connectivity index (χ4v) is 6.39. The number of halogens is 1. The molecule has 6 nitrogen and oxygen atoms in total. The van der Waals surface area contributed by atoms with E-state index in [0.29, 0.717) is 29.7 Å². The lowest BCUT2D eigenvalue weighted by atomic mass is 10.1. The van der Waals surface area contributed by atoms with E-state index in [9.17, 15) is 13.2 Å². The maximum atomic E-state index is 13.2. The zero-order chi connectivity index (χ0) is 25.8. The number of para-hydroxylation sites is 1. The number of aromatic nitrogens is 1. The first kappa shape index (κ1) is 25.4. The highest BCUT2D eigenvalue weighted by Gasteiger charge is 2.22. The highest BCUT2D eigenvalue weighted by atomic mass is 35.5. The van der Waals surface area contributed by atoms with Gasteiger partial charge in [-0.15, -0.1) is 0 Å². The Balaban J connectivity index is 1.23. The van der Waals surface area contributed by atoms with Crippen molar-refractivity contribution >= 4 is 38.2 Å². The second-order valence-corrected chi connectivity index (χ2v) is 11.7. The Morgan fingerprint density at radius 2 is 1.57 bits per heavy atom. The Labute approximate surface area is 222 Å². The summed E-state index contributed by atoms with van der Waals surface area (Å²) >= 11 is 5.99. The van der Waals surface area contributed by atoms with Crippen LogP contribution in [0.5, 0.6) is 0 Å². The summed E-state index contributed by atoms with van der Waals surface area (Å²) in [6.07, 6.45) is 2.50. The van der Waals surface area contributed by atoms with Crippen molar-refractivity contribution in [2.45, 2.75) is 23.6 Å². The van der Waals surface area contributed by atoms with Gasteiger partial charge in [0.25, 0.3) is 5.91 Å². The molecule has 0 saturated carbocycles. The molecule has 1 aromatic heterocycles. The number of hydrogen-bond acceptors (Lipinski definition) is 5. The van der Waals surface area contributed by atoms with Gasteiger partial charge in [-0.25, -0.2) is 8.42 Å². The molecule has 1 amide bonds. The first-order valence-corrected chi connectivity index (χ1v) is 14.3. The Morgan fingerprint density at radius 3 is 2.35 bits per heavy atom. The standard InChI is InChI=1S/C29H28ClN3O3S/c30-26-13-9-22(10-14-26)20-32-16-3-17-33(19-18-32)29(34)25-11-7-23(8-12-25)21-37(35,36)27-6-1-4-24-5-2-15-31-28(24)27/h1-2,4-15H,3,16-21H2. The third-order valence-corrected chi connectivity index (χ3v) is 8.65. The van der Waals surface area contributed by atoms with Crippen LogP contribution in [0, 0.1) is 0 Å². The summed E-state index contributed by atoms with van der Waals surface area (Å²) < 4.78 is 26.3. The third kappa shape index (κ3) is 6.01. The van der Waals surface area contributed by atoms with Crippen molar-refractivity contribution in [1.82, 2.24) is 14.8 Å². The molecule has 1 aliphatic rings. The molecule has 0 aliphatic carbocycles. The SMILES string of the molecule is O=C(c1ccc(CS(=O)(=O)c2cccc3cccnc23)cc1)N1CCCN(Cc2ccc(Cl)cc2)CC1. The van der Waals surface area contributed by atoms with Crippen molar-refractivity contribution in [3.8, 4) is 0 Å². The van der Waals surface area contributed by atoms with E-state index in [1.165, 1.54) is 5.56 Å². The Kier molecular flexibility index (Phi) is 7.55. The number of carbonyl (C=O) groups excluding carboxylic acids is 1. The number of fused-ring (bicyclic) bond motifs is 1. The second kappa shape index (κ2) is 11.0. The first-order chi connectivity index (χ1) is 17.9. The Morgan fingerprint density at radius 1 is 0.838 bits per heavy atom. The number of carbonyl (C=O) groups is 1. The molecular weight excluding hydrogens is 506 g/mol. The van der Waals surface area contributed by atoms with E-state index in [0.717, 1.165) is 36.5 Å². The van der Waals surface area contributed by atoms with E-state index < -0.39 is 9.84 Å². The second-order valence-electron chi connectivity index (χ2n) is 9.34. The van der Waals surface area contributed by atoms with Crippen molar-refractivity contribution in [1.29, 1.82) is 0 Å². The van der Waals surface area contributed by atoms with Gasteiger partial charge in [0, 0.05) is 54.9 Å². The topological polar surface area (TPSA) is 70.6 Å². The molecule has 2 heterocycles. The summed E-state index contributed by atoms with van der Waals surface area (Å²) in [5, 5.41) is 1.51. The van der Waals surface area contributed by atoms with Crippen LogP contribution in [-0.2, 0) is 22.1 Å². The minimum Gasteiger partial charge on any atom is -0.337 e. The molecule has 5 rings (SSSR count). The smallest absolute Gasteiger partial charge is 0.253 e. The molecule has 1 aliphatic heterocycles. The normalized spacial score (nSPS) is 15.0. The van der Waals surface area contributed by atoms with Crippen molar-refractivity contribution in [3.63, 3.8) is 0 Å². The molecule has 0 N–H and O–H groups in total. The molecule has 190 valence electrons. The lowest BCUT2D eigenvalue weighted by Crippen LogP contribution is -2.35. The van der Waals surface area contributed by atoms with Gasteiger partial charge in [0.15, 0.2) is 9.84 Å². The average Bonchev–Trinajstić information content (AvgIpc) is 3.15. The maximum absolute atomic E-state index is 13.2. The molecule has 1 saturated heterocycles. The van der Waals surface area contributed by atoms with Crippen LogP contribution in [0.4, 0.5) is 0 Å². The third-order valence-electron chi connectivity index (χ3n) is 6.68. The van der Waals surface area contributed by atoms with Crippen LogP contribution in [-0.4, -0.2) is 55.3 Å². The highest BCUT2D eigenvalue weighted by Crippen LogP contribution is 2.24. The average molecular weight is 534 g/mol. The molecule has 1 fully saturated rings. The summed E-state index contributed by atoms with van der Waals surface area (Å²) in [4.78, 5) is 21.9. The largest absolute Gasteiger partial charge is 0.337 e. The van der Waals surface area contributed by atoms with E-state index in [-0.39, 0.29) is 16.6 Å². The molecule has 3 aromatic carbocycles. The van der Waals surface area contributed by atoms with Crippen LogP contribution in [0.2, 0.25) is 5.02 Å². The molecule has 0 bridgehead atoms. The number of amides is 1. The van der Waals surface area contributed by atoms with Crippen molar-refractivity contribution in [2.24, 2.45) is 0 Å². The predicted octanol–water partition coefficient (Wildman–Crippen LogP) is 5.21. The van der Waals surface area contributed by atoms with E-state index in [2.05, 4.69) is 9.88 Å². The fraction of sp³-hybridized carbons (Fsp3) is 0.241. The van der Waals surface area contributed by atoms with Crippen LogP contribution < -0.4 is 0 Å². The van der Waals surface area contributed by atoms with Crippen molar-refractivity contribution in [3.05, 3.63) is 107 Å². The number of sulfone groups is 1. The molecule has 0 atom stereocenters. The Hall–Kier alpha value is -3.26. The molecule has 0 spiro atoms. The number of pyridine rings is 1. The van der Waals surface area contributed by atoms with E-state index in [1.807, 2.05) is 41.3 Å². The lowest BCUT2D eigenvalue weighted by molar-refractivity contribution is 0.0761. The van der Waals surface area contributed by atoms with Gasteiger partial charge in [0.1, 0.15) is 0 Å². The van der Waals surface area contributed by atoms with Crippen LogP contribution in [0.1, 0.15) is 27.9 Å². The van der Waals surface area contributed by atoms with Gasteiger partial charge in [-0.2, -0.15) is 0 Å².